The molecule has 0 saturated carbocycles. The highest BCUT2D eigenvalue weighted by Crippen LogP contribution is 2.28. The van der Waals surface area contributed by atoms with Gasteiger partial charge in [0.1, 0.15) is 5.00 Å². The summed E-state index contributed by atoms with van der Waals surface area (Å²) in [5, 5.41) is 2.96. The van der Waals surface area contributed by atoms with Gasteiger partial charge in [-0.25, -0.2) is 0 Å². The second kappa shape index (κ2) is 9.55. The summed E-state index contributed by atoms with van der Waals surface area (Å²) in [7, 11) is 0. The lowest BCUT2D eigenvalue weighted by atomic mass is 10.2. The summed E-state index contributed by atoms with van der Waals surface area (Å²) in [4.78, 5) is 34.6. The number of nitrogens with one attached hydrogen (secondary N) is 1. The molecule has 12 heteroatoms. The number of rotatable bonds is 5. The molecule has 2 aromatic heterocycles. The van der Waals surface area contributed by atoms with E-state index < -0.39 is 36.7 Å². The first kappa shape index (κ1) is 23.4. The van der Waals surface area contributed by atoms with Crippen LogP contribution in [0.25, 0.3) is 0 Å². The molecule has 0 radical (unpaired) electrons. The zero-order valence-corrected chi connectivity index (χ0v) is 16.6. The number of carbonyl (C=O) groups excluding carboxylic acids is 3. The van der Waals surface area contributed by atoms with Gasteiger partial charge in [0.15, 0.2) is 0 Å². The molecule has 0 aromatic carbocycles. The lowest BCUT2D eigenvalue weighted by molar-refractivity contribution is -0.142. The summed E-state index contributed by atoms with van der Waals surface area (Å²) < 4.78 is 35.7. The van der Waals surface area contributed by atoms with Crippen molar-refractivity contribution in [1.29, 1.82) is 0 Å². The van der Waals surface area contributed by atoms with E-state index in [0.717, 1.165) is 21.1 Å². The topological polar surface area (TPSA) is 141 Å². The standard InChI is InChI=1S/C10H11F3N2O2S.C6H8N2OS/c1-5-4-6(8(14)17)9(18-5)15-7(16)2-3-10(11,12)13;1-3-2-4(5(7)9)6(8)10-3/h4H,2-3H2,1H3,(H2,14,17)(H,15,16);2H,8H2,1H3,(H2,7,9). The van der Waals surface area contributed by atoms with Crippen molar-refractivity contribution in [3.8, 4) is 0 Å². The highest BCUT2D eigenvalue weighted by atomic mass is 32.1. The molecule has 0 atom stereocenters. The van der Waals surface area contributed by atoms with Crippen molar-refractivity contribution in [2.24, 2.45) is 11.5 Å². The third-order valence-corrected chi connectivity index (χ3v) is 5.00. The summed E-state index contributed by atoms with van der Waals surface area (Å²) in [6.07, 6.45) is -6.26. The molecule has 2 aromatic rings. The molecule has 7 N–H and O–H groups in total. The molecule has 0 aliphatic rings. The normalized spacial score (nSPS) is 10.8. The van der Waals surface area contributed by atoms with Crippen LogP contribution in [0.3, 0.4) is 0 Å². The van der Waals surface area contributed by atoms with Gasteiger partial charge in [0, 0.05) is 16.2 Å². The Bertz CT molecular complexity index is 875. The Kier molecular flexibility index (Phi) is 8.00. The maximum atomic E-state index is 11.9. The van der Waals surface area contributed by atoms with Crippen molar-refractivity contribution in [3.63, 3.8) is 0 Å². The van der Waals surface area contributed by atoms with Crippen molar-refractivity contribution in [3.05, 3.63) is 33.0 Å². The number of primary amides is 2. The summed E-state index contributed by atoms with van der Waals surface area (Å²) in [6, 6.07) is 3.18. The van der Waals surface area contributed by atoms with Crippen LogP contribution >= 0.6 is 22.7 Å². The molecule has 0 aliphatic heterocycles. The van der Waals surface area contributed by atoms with Gasteiger partial charge in [0.05, 0.1) is 22.5 Å². The average molecular weight is 436 g/mol. The first-order chi connectivity index (χ1) is 12.8. The number of amides is 3. The fraction of sp³-hybridized carbons (Fsp3) is 0.312. The smallest absolute Gasteiger partial charge is 0.389 e. The third-order valence-electron chi connectivity index (χ3n) is 3.16. The van der Waals surface area contributed by atoms with Gasteiger partial charge < -0.3 is 22.5 Å². The fourth-order valence-electron chi connectivity index (χ4n) is 1.96. The number of carbonyl (C=O) groups is 3. The quantitative estimate of drug-likeness (QED) is 0.571. The monoisotopic (exact) mass is 436 g/mol. The SMILES string of the molecule is Cc1cc(C(N)=O)c(N)s1.Cc1cc(C(N)=O)c(NC(=O)CCC(F)(F)F)s1. The molecule has 0 spiro atoms. The summed E-state index contributed by atoms with van der Waals surface area (Å²) in [5.41, 5.74) is 16.1. The van der Waals surface area contributed by atoms with Gasteiger partial charge in [0.25, 0.3) is 11.8 Å². The largest absolute Gasteiger partial charge is 0.390 e. The number of nitrogen functional groups attached to an aromatic ring is 1. The molecule has 7 nitrogen and oxygen atoms in total. The lowest BCUT2D eigenvalue weighted by Gasteiger charge is -2.06. The molecule has 0 fully saturated rings. The van der Waals surface area contributed by atoms with Crippen molar-refractivity contribution in [2.75, 3.05) is 11.1 Å². The van der Waals surface area contributed by atoms with Crippen molar-refractivity contribution in [1.82, 2.24) is 0 Å². The Morgan fingerprint density at radius 1 is 1.00 bits per heavy atom. The molecule has 2 heterocycles. The van der Waals surface area contributed by atoms with Gasteiger partial charge in [-0.05, 0) is 26.0 Å². The maximum absolute atomic E-state index is 11.9. The predicted octanol–water partition coefficient (Wildman–Crippen LogP) is 3.17. The van der Waals surface area contributed by atoms with E-state index in [2.05, 4.69) is 5.32 Å². The number of hydrogen-bond donors (Lipinski definition) is 4. The van der Waals surface area contributed by atoms with Crippen LogP contribution in [-0.4, -0.2) is 23.9 Å². The van der Waals surface area contributed by atoms with Crippen LogP contribution in [0.2, 0.25) is 0 Å². The van der Waals surface area contributed by atoms with E-state index in [1.165, 1.54) is 17.4 Å². The van der Waals surface area contributed by atoms with E-state index in [9.17, 15) is 27.6 Å². The maximum Gasteiger partial charge on any atom is 0.389 e. The van der Waals surface area contributed by atoms with Gasteiger partial charge in [-0.3, -0.25) is 14.4 Å². The average Bonchev–Trinajstić information content (AvgIpc) is 3.07. The van der Waals surface area contributed by atoms with Crippen LogP contribution in [0.4, 0.5) is 23.2 Å². The summed E-state index contributed by atoms with van der Waals surface area (Å²) in [5.74, 6) is -1.98. The number of nitrogens with two attached hydrogens (primary N) is 3. The number of thiophene rings is 2. The number of aryl methyl sites for hydroxylation is 2. The van der Waals surface area contributed by atoms with Gasteiger partial charge in [-0.15, -0.1) is 22.7 Å². The molecule has 0 unspecified atom stereocenters. The van der Waals surface area contributed by atoms with Crippen molar-refractivity contribution in [2.45, 2.75) is 32.9 Å². The van der Waals surface area contributed by atoms with Gasteiger partial charge >= 0.3 is 6.18 Å². The zero-order chi connectivity index (χ0) is 21.6. The van der Waals surface area contributed by atoms with Gasteiger partial charge in [-0.1, -0.05) is 0 Å². The van der Waals surface area contributed by atoms with E-state index in [0.29, 0.717) is 10.6 Å². The Balaban J connectivity index is 0.000000330. The second-order valence-corrected chi connectivity index (χ2v) is 8.17. The molecule has 3 amide bonds. The van der Waals surface area contributed by atoms with E-state index in [1.54, 1.807) is 13.0 Å². The minimum absolute atomic E-state index is 0.109. The van der Waals surface area contributed by atoms with Crippen LogP contribution < -0.4 is 22.5 Å². The molecule has 0 saturated heterocycles. The van der Waals surface area contributed by atoms with Crippen LogP contribution in [0.1, 0.15) is 43.3 Å². The van der Waals surface area contributed by atoms with E-state index >= 15 is 0 Å². The molecule has 2 rings (SSSR count). The van der Waals surface area contributed by atoms with Crippen LogP contribution in [-0.2, 0) is 4.79 Å². The molecule has 0 bridgehead atoms. The third kappa shape index (κ3) is 7.56. The first-order valence-corrected chi connectivity index (χ1v) is 9.36. The number of anilines is 2. The first-order valence-electron chi connectivity index (χ1n) is 7.72. The molecular formula is C16H19F3N4O3S2. The fourth-order valence-corrected chi connectivity index (χ4v) is 3.69. The second-order valence-electron chi connectivity index (χ2n) is 5.63. The highest BCUT2D eigenvalue weighted by Gasteiger charge is 2.28. The number of halogens is 3. The summed E-state index contributed by atoms with van der Waals surface area (Å²) in [6.45, 7) is 3.58. The minimum atomic E-state index is -4.38. The Labute approximate surface area is 166 Å². The highest BCUT2D eigenvalue weighted by molar-refractivity contribution is 7.16. The minimum Gasteiger partial charge on any atom is -0.390 e. The zero-order valence-electron chi connectivity index (χ0n) is 15.0. The van der Waals surface area contributed by atoms with Crippen LogP contribution in [0, 0.1) is 13.8 Å². The Morgan fingerprint density at radius 2 is 1.50 bits per heavy atom. The van der Waals surface area contributed by atoms with Crippen LogP contribution in [0.5, 0.6) is 0 Å². The molecule has 28 heavy (non-hydrogen) atoms. The van der Waals surface area contributed by atoms with E-state index in [-0.39, 0.29) is 10.6 Å². The van der Waals surface area contributed by atoms with Gasteiger partial charge in [0.2, 0.25) is 5.91 Å². The molecule has 154 valence electrons. The number of hydrogen-bond acceptors (Lipinski definition) is 6. The van der Waals surface area contributed by atoms with Crippen LogP contribution in [0.15, 0.2) is 12.1 Å². The lowest BCUT2D eigenvalue weighted by Crippen LogP contribution is -2.18. The molecule has 0 aliphatic carbocycles. The Hall–Kier alpha value is -2.60. The van der Waals surface area contributed by atoms with Gasteiger partial charge in [-0.2, -0.15) is 13.2 Å². The van der Waals surface area contributed by atoms with E-state index in [1.807, 2.05) is 6.92 Å². The summed E-state index contributed by atoms with van der Waals surface area (Å²) >= 11 is 2.46. The van der Waals surface area contributed by atoms with E-state index in [4.69, 9.17) is 17.2 Å². The number of alkyl halides is 3. The Morgan fingerprint density at radius 3 is 1.89 bits per heavy atom. The predicted molar refractivity (Wildman–Crippen MR) is 103 cm³/mol. The molecular weight excluding hydrogens is 417 g/mol. The van der Waals surface area contributed by atoms with Crippen molar-refractivity contribution < 1.29 is 27.6 Å². The van der Waals surface area contributed by atoms with Crippen molar-refractivity contribution >= 4 is 50.4 Å².